The molecule has 1 heterocycles. The Morgan fingerprint density at radius 2 is 1.85 bits per heavy atom. The van der Waals surface area contributed by atoms with Crippen LogP contribution in [0.3, 0.4) is 0 Å². The molecule has 1 fully saturated rings. The van der Waals surface area contributed by atoms with Crippen molar-refractivity contribution in [1.82, 2.24) is 15.0 Å². The molecule has 8 heteroatoms. The van der Waals surface area contributed by atoms with Crippen molar-refractivity contribution >= 4 is 5.97 Å². The summed E-state index contributed by atoms with van der Waals surface area (Å²) in [6.45, 7) is 2.11. The normalized spacial score (nSPS) is 15.7. The third-order valence-corrected chi connectivity index (χ3v) is 4.84. The minimum absolute atomic E-state index is 0.159. The Labute approximate surface area is 155 Å². The highest BCUT2D eigenvalue weighted by Gasteiger charge is 2.31. The minimum Gasteiger partial charge on any atom is -0.461 e. The van der Waals surface area contributed by atoms with Gasteiger partial charge in [0.1, 0.15) is 5.69 Å². The predicted octanol–water partition coefficient (Wildman–Crippen LogP) is 4.57. The maximum Gasteiger partial charge on any atom is 0.416 e. The summed E-state index contributed by atoms with van der Waals surface area (Å²) in [6.07, 6.45) is 0.856. The predicted molar refractivity (Wildman–Crippen MR) is 92.4 cm³/mol. The van der Waals surface area contributed by atoms with Crippen LogP contribution < -0.4 is 0 Å². The van der Waals surface area contributed by atoms with Crippen LogP contribution in [-0.2, 0) is 17.5 Å². The van der Waals surface area contributed by atoms with E-state index in [1.807, 2.05) is 0 Å². The molecule has 0 atom stereocenters. The molecule has 146 valence electrons. The number of esters is 1. The molecule has 0 N–H and O–H groups in total. The van der Waals surface area contributed by atoms with Crippen molar-refractivity contribution in [2.75, 3.05) is 6.61 Å². The minimum atomic E-state index is -4.38. The molecule has 0 bridgehead atoms. The van der Waals surface area contributed by atoms with Crippen LogP contribution in [0.4, 0.5) is 13.2 Å². The van der Waals surface area contributed by atoms with Gasteiger partial charge in [-0.15, -0.1) is 5.10 Å². The SMILES string of the molecule is CCOC(=O)c1c(C2CCCCC2)nnn1Cc1ccc(C(F)(F)F)cc1. The molecule has 2 aromatic rings. The van der Waals surface area contributed by atoms with E-state index in [0.717, 1.165) is 37.8 Å². The summed E-state index contributed by atoms with van der Waals surface area (Å²) < 4.78 is 44.8. The third kappa shape index (κ3) is 4.48. The number of carbonyl (C=O) groups is 1. The van der Waals surface area contributed by atoms with Crippen LogP contribution in [0.1, 0.15) is 72.3 Å². The van der Waals surface area contributed by atoms with Crippen LogP contribution >= 0.6 is 0 Å². The van der Waals surface area contributed by atoms with Gasteiger partial charge in [-0.25, -0.2) is 9.48 Å². The van der Waals surface area contributed by atoms with Gasteiger partial charge in [0.05, 0.1) is 18.7 Å². The summed E-state index contributed by atoms with van der Waals surface area (Å²) in [7, 11) is 0. The van der Waals surface area contributed by atoms with E-state index in [2.05, 4.69) is 10.3 Å². The van der Waals surface area contributed by atoms with Gasteiger partial charge in [-0.05, 0) is 37.5 Å². The van der Waals surface area contributed by atoms with Crippen molar-refractivity contribution in [2.24, 2.45) is 0 Å². The molecule has 1 aliphatic rings. The van der Waals surface area contributed by atoms with Crippen molar-refractivity contribution in [3.63, 3.8) is 0 Å². The average Bonchev–Trinajstić information content (AvgIpc) is 3.06. The number of aromatic nitrogens is 3. The average molecular weight is 381 g/mol. The zero-order valence-electron chi connectivity index (χ0n) is 15.1. The lowest BCUT2D eigenvalue weighted by atomic mass is 9.86. The van der Waals surface area contributed by atoms with E-state index in [1.54, 1.807) is 6.92 Å². The molecule has 3 rings (SSSR count). The Hall–Kier alpha value is -2.38. The van der Waals surface area contributed by atoms with E-state index in [1.165, 1.54) is 23.2 Å². The summed E-state index contributed by atoms with van der Waals surface area (Å²) in [5, 5.41) is 8.33. The largest absolute Gasteiger partial charge is 0.461 e. The smallest absolute Gasteiger partial charge is 0.416 e. The molecule has 1 aromatic heterocycles. The third-order valence-electron chi connectivity index (χ3n) is 4.84. The second kappa shape index (κ2) is 8.10. The van der Waals surface area contributed by atoms with Crippen LogP contribution in [0, 0.1) is 0 Å². The van der Waals surface area contributed by atoms with E-state index < -0.39 is 17.7 Å². The van der Waals surface area contributed by atoms with Crippen molar-refractivity contribution in [3.05, 3.63) is 46.8 Å². The fraction of sp³-hybridized carbons (Fsp3) is 0.526. The summed E-state index contributed by atoms with van der Waals surface area (Å²) >= 11 is 0. The molecule has 0 saturated heterocycles. The highest BCUT2D eigenvalue weighted by Crippen LogP contribution is 2.34. The fourth-order valence-electron chi connectivity index (χ4n) is 3.47. The number of ether oxygens (including phenoxy) is 1. The Morgan fingerprint density at radius 1 is 1.19 bits per heavy atom. The maximum absolute atomic E-state index is 12.7. The van der Waals surface area contributed by atoms with E-state index in [0.29, 0.717) is 17.0 Å². The van der Waals surface area contributed by atoms with Gasteiger partial charge in [0.25, 0.3) is 0 Å². The van der Waals surface area contributed by atoms with Crippen LogP contribution in [-0.4, -0.2) is 27.6 Å². The number of hydrogen-bond donors (Lipinski definition) is 0. The molecule has 0 amide bonds. The first-order valence-electron chi connectivity index (χ1n) is 9.16. The van der Waals surface area contributed by atoms with Crippen LogP contribution in [0.15, 0.2) is 24.3 Å². The van der Waals surface area contributed by atoms with Crippen molar-refractivity contribution < 1.29 is 22.7 Å². The van der Waals surface area contributed by atoms with Gasteiger partial charge >= 0.3 is 12.1 Å². The summed E-state index contributed by atoms with van der Waals surface area (Å²) in [6, 6.07) is 4.83. The van der Waals surface area contributed by atoms with Gasteiger partial charge in [0.15, 0.2) is 5.69 Å². The van der Waals surface area contributed by atoms with E-state index in [9.17, 15) is 18.0 Å². The topological polar surface area (TPSA) is 57.0 Å². The van der Waals surface area contributed by atoms with Gasteiger partial charge in [0, 0.05) is 5.92 Å². The summed E-state index contributed by atoms with van der Waals surface area (Å²) in [5.74, 6) is -0.325. The standard InChI is InChI=1S/C19H22F3N3O2/c1-2-27-18(26)17-16(14-6-4-3-5-7-14)23-24-25(17)12-13-8-10-15(11-9-13)19(20,21)22/h8-11,14H,2-7,12H2,1H3. The van der Waals surface area contributed by atoms with Crippen LogP contribution in [0.25, 0.3) is 0 Å². The van der Waals surface area contributed by atoms with Crippen molar-refractivity contribution in [2.45, 2.75) is 57.7 Å². The molecule has 5 nitrogen and oxygen atoms in total. The van der Waals surface area contributed by atoms with E-state index >= 15 is 0 Å². The Kier molecular flexibility index (Phi) is 5.82. The summed E-state index contributed by atoms with van der Waals surface area (Å²) in [4.78, 5) is 12.5. The number of rotatable bonds is 5. The molecular weight excluding hydrogens is 359 g/mol. The first kappa shape index (κ1) is 19.4. The number of carbonyl (C=O) groups excluding carboxylic acids is 1. The number of alkyl halides is 3. The molecule has 0 radical (unpaired) electrons. The second-order valence-corrected chi connectivity index (χ2v) is 6.73. The maximum atomic E-state index is 12.7. The molecule has 0 aliphatic heterocycles. The lowest BCUT2D eigenvalue weighted by Crippen LogP contribution is -2.18. The molecule has 0 unspecified atom stereocenters. The van der Waals surface area contributed by atoms with Crippen LogP contribution in [0.2, 0.25) is 0 Å². The lowest BCUT2D eigenvalue weighted by molar-refractivity contribution is -0.137. The molecule has 1 saturated carbocycles. The first-order valence-corrected chi connectivity index (χ1v) is 9.16. The zero-order valence-corrected chi connectivity index (χ0v) is 15.1. The van der Waals surface area contributed by atoms with Crippen LogP contribution in [0.5, 0.6) is 0 Å². The van der Waals surface area contributed by atoms with Gasteiger partial charge in [-0.3, -0.25) is 0 Å². The monoisotopic (exact) mass is 381 g/mol. The van der Waals surface area contributed by atoms with Gasteiger partial charge < -0.3 is 4.74 Å². The lowest BCUT2D eigenvalue weighted by Gasteiger charge is -2.20. The Balaban J connectivity index is 1.88. The molecule has 1 aliphatic carbocycles. The first-order chi connectivity index (χ1) is 12.9. The fourth-order valence-corrected chi connectivity index (χ4v) is 3.47. The van der Waals surface area contributed by atoms with Crippen molar-refractivity contribution in [1.29, 1.82) is 0 Å². The Bertz CT molecular complexity index is 778. The van der Waals surface area contributed by atoms with Crippen molar-refractivity contribution in [3.8, 4) is 0 Å². The quantitative estimate of drug-likeness (QED) is 0.712. The zero-order chi connectivity index (χ0) is 19.4. The molecule has 0 spiro atoms. The number of hydrogen-bond acceptors (Lipinski definition) is 4. The highest BCUT2D eigenvalue weighted by molar-refractivity contribution is 5.88. The van der Waals surface area contributed by atoms with Gasteiger partial charge in [-0.1, -0.05) is 36.6 Å². The number of nitrogens with zero attached hydrogens (tertiary/aromatic N) is 3. The summed E-state index contributed by atoms with van der Waals surface area (Å²) in [5.41, 5.74) is 0.843. The number of benzene rings is 1. The molecular formula is C19H22F3N3O2. The highest BCUT2D eigenvalue weighted by atomic mass is 19.4. The van der Waals surface area contributed by atoms with E-state index in [-0.39, 0.29) is 19.1 Å². The molecule has 1 aromatic carbocycles. The Morgan fingerprint density at radius 3 is 2.44 bits per heavy atom. The van der Waals surface area contributed by atoms with Gasteiger partial charge in [0.2, 0.25) is 0 Å². The van der Waals surface area contributed by atoms with E-state index in [4.69, 9.17) is 4.74 Å². The number of halogens is 3. The molecule has 27 heavy (non-hydrogen) atoms. The second-order valence-electron chi connectivity index (χ2n) is 6.73. The van der Waals surface area contributed by atoms with Gasteiger partial charge in [-0.2, -0.15) is 13.2 Å².